The maximum atomic E-state index is 12.7. The standard InChI is InChI=1S/C20H28N4O7S/c1-32-8-7-14(19(30)22-11-17(27)28)23-20(31)15(10-16(25)26)24-18(29)13(21)9-12-5-3-2-4-6-12/h2-6,13-15H,7-11,21H2,1H3,(H,22,30)(H,23,31)(H,24,29)(H,25,26)(H,27,28). The Kier molecular flexibility index (Phi) is 11.8. The number of amides is 3. The van der Waals surface area contributed by atoms with Crippen molar-refractivity contribution in [2.45, 2.75) is 37.4 Å². The molecule has 0 spiro atoms. The molecular weight excluding hydrogens is 440 g/mol. The number of benzene rings is 1. The van der Waals surface area contributed by atoms with Crippen LogP contribution in [0.3, 0.4) is 0 Å². The third kappa shape index (κ3) is 10.3. The normalized spacial score (nSPS) is 13.3. The van der Waals surface area contributed by atoms with E-state index in [2.05, 4.69) is 16.0 Å². The number of hydrogen-bond donors (Lipinski definition) is 6. The average molecular weight is 469 g/mol. The van der Waals surface area contributed by atoms with Crippen molar-refractivity contribution in [1.82, 2.24) is 16.0 Å². The van der Waals surface area contributed by atoms with Crippen molar-refractivity contribution in [3.8, 4) is 0 Å². The van der Waals surface area contributed by atoms with Gasteiger partial charge in [0.15, 0.2) is 0 Å². The average Bonchev–Trinajstić information content (AvgIpc) is 2.74. The van der Waals surface area contributed by atoms with E-state index >= 15 is 0 Å². The summed E-state index contributed by atoms with van der Waals surface area (Å²) in [5.74, 6) is -4.44. The maximum absolute atomic E-state index is 12.7. The quantitative estimate of drug-likeness (QED) is 0.198. The second-order valence-electron chi connectivity index (χ2n) is 6.91. The number of aliphatic carboxylic acids is 2. The lowest BCUT2D eigenvalue weighted by Crippen LogP contribution is -2.56. The zero-order valence-corrected chi connectivity index (χ0v) is 18.4. The molecule has 1 aromatic rings. The Hall–Kier alpha value is -3.12. The van der Waals surface area contributed by atoms with E-state index in [0.29, 0.717) is 5.75 Å². The van der Waals surface area contributed by atoms with Crippen LogP contribution in [0.25, 0.3) is 0 Å². The molecule has 0 heterocycles. The van der Waals surface area contributed by atoms with Gasteiger partial charge in [-0.1, -0.05) is 30.3 Å². The van der Waals surface area contributed by atoms with Gasteiger partial charge in [0.2, 0.25) is 17.7 Å². The predicted molar refractivity (Wildman–Crippen MR) is 118 cm³/mol. The van der Waals surface area contributed by atoms with Crippen molar-refractivity contribution in [2.75, 3.05) is 18.6 Å². The van der Waals surface area contributed by atoms with Gasteiger partial charge in [-0.3, -0.25) is 24.0 Å². The molecule has 12 heteroatoms. The summed E-state index contributed by atoms with van der Waals surface area (Å²) in [6.45, 7) is -0.631. The molecular formula is C20H28N4O7S. The largest absolute Gasteiger partial charge is 0.481 e. The number of nitrogens with two attached hydrogens (primary N) is 1. The van der Waals surface area contributed by atoms with Crippen LogP contribution in [0, 0.1) is 0 Å². The molecule has 176 valence electrons. The number of thioether (sulfide) groups is 1. The first-order chi connectivity index (χ1) is 15.1. The molecule has 3 unspecified atom stereocenters. The molecule has 0 bridgehead atoms. The molecule has 1 aromatic carbocycles. The van der Waals surface area contributed by atoms with E-state index in [-0.39, 0.29) is 12.8 Å². The van der Waals surface area contributed by atoms with E-state index in [0.717, 1.165) is 5.56 Å². The summed E-state index contributed by atoms with van der Waals surface area (Å²) in [6.07, 6.45) is 1.43. The van der Waals surface area contributed by atoms with Crippen LogP contribution in [0.4, 0.5) is 0 Å². The summed E-state index contributed by atoms with van der Waals surface area (Å²) in [4.78, 5) is 59.3. The van der Waals surface area contributed by atoms with Crippen LogP contribution in [0.2, 0.25) is 0 Å². The molecule has 0 aliphatic carbocycles. The summed E-state index contributed by atoms with van der Waals surface area (Å²) >= 11 is 1.41. The van der Waals surface area contributed by atoms with Crippen LogP contribution >= 0.6 is 11.8 Å². The Morgan fingerprint density at radius 2 is 1.56 bits per heavy atom. The smallest absolute Gasteiger partial charge is 0.322 e. The van der Waals surface area contributed by atoms with Gasteiger partial charge in [-0.25, -0.2) is 0 Å². The minimum absolute atomic E-state index is 0.180. The van der Waals surface area contributed by atoms with Crippen LogP contribution < -0.4 is 21.7 Å². The highest BCUT2D eigenvalue weighted by atomic mass is 32.2. The summed E-state index contributed by atoms with van der Waals surface area (Å²) in [5.41, 5.74) is 6.69. The van der Waals surface area contributed by atoms with Gasteiger partial charge in [0.1, 0.15) is 18.6 Å². The summed E-state index contributed by atoms with van der Waals surface area (Å²) in [7, 11) is 0. The van der Waals surface area contributed by atoms with Gasteiger partial charge in [-0.2, -0.15) is 11.8 Å². The monoisotopic (exact) mass is 468 g/mol. The van der Waals surface area contributed by atoms with Crippen molar-refractivity contribution in [3.63, 3.8) is 0 Å². The SMILES string of the molecule is CSCCC(NC(=O)C(CC(=O)O)NC(=O)C(N)Cc1ccccc1)C(=O)NCC(=O)O. The van der Waals surface area contributed by atoms with E-state index in [4.69, 9.17) is 15.9 Å². The Bertz CT molecular complexity index is 806. The van der Waals surface area contributed by atoms with Gasteiger partial charge in [-0.15, -0.1) is 0 Å². The van der Waals surface area contributed by atoms with Gasteiger partial charge >= 0.3 is 11.9 Å². The Labute approximate surface area is 189 Å². The first-order valence-electron chi connectivity index (χ1n) is 9.74. The fourth-order valence-electron chi connectivity index (χ4n) is 2.69. The van der Waals surface area contributed by atoms with Crippen LogP contribution in [-0.2, 0) is 30.4 Å². The Morgan fingerprint density at radius 1 is 0.938 bits per heavy atom. The highest BCUT2D eigenvalue weighted by Crippen LogP contribution is 2.05. The Balaban J connectivity index is 2.84. The lowest BCUT2D eigenvalue weighted by molar-refractivity contribution is -0.141. The van der Waals surface area contributed by atoms with Gasteiger partial charge in [0, 0.05) is 0 Å². The van der Waals surface area contributed by atoms with Crippen molar-refractivity contribution >= 4 is 41.4 Å². The highest BCUT2D eigenvalue weighted by molar-refractivity contribution is 7.98. The van der Waals surface area contributed by atoms with Gasteiger partial charge < -0.3 is 31.9 Å². The minimum atomic E-state index is -1.47. The maximum Gasteiger partial charge on any atom is 0.322 e. The van der Waals surface area contributed by atoms with Gasteiger partial charge in [0.05, 0.1) is 12.5 Å². The summed E-state index contributed by atoms with van der Waals surface area (Å²) in [5, 5.41) is 24.8. The van der Waals surface area contributed by atoms with Crippen LogP contribution in [0.15, 0.2) is 30.3 Å². The topological polar surface area (TPSA) is 188 Å². The third-order valence-corrected chi connectivity index (χ3v) is 4.95. The fourth-order valence-corrected chi connectivity index (χ4v) is 3.16. The molecule has 0 radical (unpaired) electrons. The van der Waals surface area contributed by atoms with Crippen molar-refractivity contribution in [2.24, 2.45) is 5.73 Å². The first-order valence-corrected chi connectivity index (χ1v) is 11.1. The second kappa shape index (κ2) is 14.0. The number of carbonyl (C=O) groups excluding carboxylic acids is 3. The first kappa shape index (κ1) is 26.9. The molecule has 0 saturated heterocycles. The van der Waals surface area contributed by atoms with Crippen LogP contribution in [0.1, 0.15) is 18.4 Å². The number of rotatable bonds is 14. The highest BCUT2D eigenvalue weighted by Gasteiger charge is 2.29. The minimum Gasteiger partial charge on any atom is -0.481 e. The molecule has 7 N–H and O–H groups in total. The number of nitrogens with one attached hydrogen (secondary N) is 3. The molecule has 32 heavy (non-hydrogen) atoms. The molecule has 0 saturated carbocycles. The van der Waals surface area contributed by atoms with Gasteiger partial charge in [-0.05, 0) is 30.4 Å². The second-order valence-corrected chi connectivity index (χ2v) is 7.90. The van der Waals surface area contributed by atoms with Crippen LogP contribution in [0.5, 0.6) is 0 Å². The molecule has 3 amide bonds. The molecule has 0 aliphatic heterocycles. The summed E-state index contributed by atoms with van der Waals surface area (Å²) in [6, 6.07) is 5.35. The molecule has 0 fully saturated rings. The Morgan fingerprint density at radius 3 is 2.12 bits per heavy atom. The number of carboxylic acid groups (broad SMARTS) is 2. The predicted octanol–water partition coefficient (Wildman–Crippen LogP) is -1.05. The lowest BCUT2D eigenvalue weighted by Gasteiger charge is -2.23. The van der Waals surface area contributed by atoms with E-state index in [9.17, 15) is 24.0 Å². The van der Waals surface area contributed by atoms with Gasteiger partial charge in [0.25, 0.3) is 0 Å². The zero-order valence-electron chi connectivity index (χ0n) is 17.6. The van der Waals surface area contributed by atoms with E-state index in [1.807, 2.05) is 6.07 Å². The molecule has 11 nitrogen and oxygen atoms in total. The number of carbonyl (C=O) groups is 5. The van der Waals surface area contributed by atoms with E-state index < -0.39 is 60.8 Å². The summed E-state index contributed by atoms with van der Waals surface area (Å²) < 4.78 is 0. The van der Waals surface area contributed by atoms with Crippen LogP contribution in [-0.4, -0.2) is 76.6 Å². The van der Waals surface area contributed by atoms with Crippen molar-refractivity contribution in [1.29, 1.82) is 0 Å². The number of hydrogen-bond acceptors (Lipinski definition) is 7. The molecule has 0 aliphatic rings. The third-order valence-electron chi connectivity index (χ3n) is 4.30. The van der Waals surface area contributed by atoms with E-state index in [1.165, 1.54) is 11.8 Å². The number of carboxylic acids is 2. The lowest BCUT2D eigenvalue weighted by atomic mass is 10.0. The molecule has 3 atom stereocenters. The molecule has 0 aromatic heterocycles. The van der Waals surface area contributed by atoms with E-state index in [1.54, 1.807) is 30.5 Å². The fraction of sp³-hybridized carbons (Fsp3) is 0.450. The van der Waals surface area contributed by atoms with Crippen molar-refractivity contribution < 1.29 is 34.2 Å². The zero-order chi connectivity index (χ0) is 24.1. The van der Waals surface area contributed by atoms with Crippen molar-refractivity contribution in [3.05, 3.63) is 35.9 Å². The molecule has 1 rings (SSSR count).